The maximum Gasteiger partial charge on any atom is 0.162 e. The lowest BCUT2D eigenvalue weighted by Gasteiger charge is -2.13. The second kappa shape index (κ2) is 5.94. The molecule has 0 amide bonds. The number of nitrogens with two attached hydrogens (primary N) is 1. The molecule has 2 N–H and O–H groups in total. The van der Waals surface area contributed by atoms with E-state index in [4.69, 9.17) is 5.73 Å². The van der Waals surface area contributed by atoms with Crippen molar-refractivity contribution in [2.24, 2.45) is 11.7 Å². The predicted octanol–water partition coefficient (Wildman–Crippen LogP) is 3.27. The second-order valence-corrected chi connectivity index (χ2v) is 4.65. The first-order valence-corrected chi connectivity index (χ1v) is 5.69. The minimum absolute atomic E-state index is 0.0984. The molecule has 0 spiro atoms. The Kier molecular flexibility index (Phi) is 4.87. The van der Waals surface area contributed by atoms with E-state index in [0.29, 0.717) is 17.9 Å². The fourth-order valence-electron chi connectivity index (χ4n) is 1.64. The Morgan fingerprint density at radius 3 is 2.50 bits per heavy atom. The summed E-state index contributed by atoms with van der Waals surface area (Å²) in [5.41, 5.74) is 6.26. The predicted molar refractivity (Wildman–Crippen MR) is 62.1 cm³/mol. The molecule has 0 aliphatic rings. The van der Waals surface area contributed by atoms with Gasteiger partial charge in [-0.3, -0.25) is 0 Å². The summed E-state index contributed by atoms with van der Waals surface area (Å²) in [4.78, 5) is 0. The van der Waals surface area contributed by atoms with E-state index in [9.17, 15) is 8.78 Å². The number of hydrogen-bond donors (Lipinski definition) is 1. The van der Waals surface area contributed by atoms with E-state index in [0.717, 1.165) is 18.9 Å². The smallest absolute Gasteiger partial charge is 0.162 e. The summed E-state index contributed by atoms with van der Waals surface area (Å²) in [6.07, 6.45) is 2.25. The molecule has 0 saturated carbocycles. The summed E-state index contributed by atoms with van der Waals surface area (Å²) in [7, 11) is 0. The molecule has 1 rings (SSSR count). The van der Waals surface area contributed by atoms with E-state index < -0.39 is 11.6 Å². The molecule has 1 unspecified atom stereocenters. The standard InChI is InChI=1S/C13H19F2N/c1-9(2)6-7-11(16)8-10-4-3-5-12(14)13(10)15/h3-5,9,11H,6-8,16H2,1-2H3. The van der Waals surface area contributed by atoms with Gasteiger partial charge in [-0.15, -0.1) is 0 Å². The monoisotopic (exact) mass is 227 g/mol. The molecule has 1 aromatic rings. The lowest BCUT2D eigenvalue weighted by atomic mass is 9.98. The van der Waals surface area contributed by atoms with Crippen LogP contribution in [0.5, 0.6) is 0 Å². The first-order chi connectivity index (χ1) is 7.50. The van der Waals surface area contributed by atoms with Crippen molar-refractivity contribution < 1.29 is 8.78 Å². The highest BCUT2D eigenvalue weighted by atomic mass is 19.2. The SMILES string of the molecule is CC(C)CCC(N)Cc1cccc(F)c1F. The normalized spacial score (nSPS) is 13.1. The van der Waals surface area contributed by atoms with E-state index in [2.05, 4.69) is 13.8 Å². The summed E-state index contributed by atoms with van der Waals surface area (Å²) in [5.74, 6) is -0.973. The van der Waals surface area contributed by atoms with Crippen LogP contribution in [0.1, 0.15) is 32.3 Å². The third-order valence-electron chi connectivity index (χ3n) is 2.63. The van der Waals surface area contributed by atoms with Crippen LogP contribution in [0.2, 0.25) is 0 Å². The van der Waals surface area contributed by atoms with Gasteiger partial charge in [0.25, 0.3) is 0 Å². The number of hydrogen-bond acceptors (Lipinski definition) is 1. The molecule has 0 heterocycles. The highest BCUT2D eigenvalue weighted by molar-refractivity contribution is 5.19. The van der Waals surface area contributed by atoms with Crippen molar-refractivity contribution in [3.8, 4) is 0 Å². The zero-order valence-electron chi connectivity index (χ0n) is 9.84. The van der Waals surface area contributed by atoms with Gasteiger partial charge in [0.1, 0.15) is 0 Å². The van der Waals surface area contributed by atoms with Crippen LogP contribution in [0, 0.1) is 17.6 Å². The van der Waals surface area contributed by atoms with Crippen molar-refractivity contribution in [2.75, 3.05) is 0 Å². The van der Waals surface area contributed by atoms with Gasteiger partial charge in [-0.2, -0.15) is 0 Å². The van der Waals surface area contributed by atoms with E-state index >= 15 is 0 Å². The van der Waals surface area contributed by atoms with Crippen molar-refractivity contribution in [1.29, 1.82) is 0 Å². The Bertz CT molecular complexity index is 337. The molecule has 0 saturated heterocycles. The highest BCUT2D eigenvalue weighted by Gasteiger charge is 2.11. The van der Waals surface area contributed by atoms with Crippen LogP contribution in [0.25, 0.3) is 0 Å². The van der Waals surface area contributed by atoms with Gasteiger partial charge < -0.3 is 5.73 Å². The van der Waals surface area contributed by atoms with Crippen LogP contribution >= 0.6 is 0 Å². The third kappa shape index (κ3) is 3.89. The van der Waals surface area contributed by atoms with Crippen molar-refractivity contribution in [3.63, 3.8) is 0 Å². The fourth-order valence-corrected chi connectivity index (χ4v) is 1.64. The minimum Gasteiger partial charge on any atom is -0.327 e. The molecular weight excluding hydrogens is 208 g/mol. The van der Waals surface area contributed by atoms with Gasteiger partial charge in [0.05, 0.1) is 0 Å². The molecule has 0 aliphatic heterocycles. The van der Waals surface area contributed by atoms with Crippen LogP contribution in [0.4, 0.5) is 8.78 Å². The summed E-state index contributed by atoms with van der Waals surface area (Å²) in [6.45, 7) is 4.24. The second-order valence-electron chi connectivity index (χ2n) is 4.65. The van der Waals surface area contributed by atoms with Gasteiger partial charge in [0, 0.05) is 6.04 Å². The van der Waals surface area contributed by atoms with Crippen molar-refractivity contribution in [3.05, 3.63) is 35.4 Å². The Hall–Kier alpha value is -0.960. The van der Waals surface area contributed by atoms with Crippen LogP contribution < -0.4 is 5.73 Å². The number of rotatable bonds is 5. The molecule has 16 heavy (non-hydrogen) atoms. The maximum atomic E-state index is 13.3. The molecule has 0 bridgehead atoms. The average molecular weight is 227 g/mol. The van der Waals surface area contributed by atoms with E-state index in [1.54, 1.807) is 6.07 Å². The van der Waals surface area contributed by atoms with E-state index in [-0.39, 0.29) is 6.04 Å². The molecule has 3 heteroatoms. The maximum absolute atomic E-state index is 13.3. The van der Waals surface area contributed by atoms with Gasteiger partial charge in [0.2, 0.25) is 0 Å². The van der Waals surface area contributed by atoms with Gasteiger partial charge >= 0.3 is 0 Å². The van der Waals surface area contributed by atoms with Crippen LogP contribution in [0.15, 0.2) is 18.2 Å². The number of benzene rings is 1. The van der Waals surface area contributed by atoms with Crippen molar-refractivity contribution >= 4 is 0 Å². The molecule has 1 atom stereocenters. The summed E-state index contributed by atoms with van der Waals surface area (Å²) in [6, 6.07) is 4.13. The topological polar surface area (TPSA) is 26.0 Å². The molecule has 0 radical (unpaired) electrons. The molecule has 90 valence electrons. The van der Waals surface area contributed by atoms with Gasteiger partial charge in [-0.05, 0) is 36.8 Å². The Morgan fingerprint density at radius 2 is 1.88 bits per heavy atom. The Balaban J connectivity index is 2.56. The molecule has 0 aliphatic carbocycles. The average Bonchev–Trinajstić information content (AvgIpc) is 2.22. The zero-order valence-corrected chi connectivity index (χ0v) is 9.84. The minimum atomic E-state index is -0.798. The van der Waals surface area contributed by atoms with E-state index in [1.165, 1.54) is 6.07 Å². The fraction of sp³-hybridized carbons (Fsp3) is 0.538. The van der Waals surface area contributed by atoms with Gasteiger partial charge in [-0.25, -0.2) is 8.78 Å². The first-order valence-electron chi connectivity index (χ1n) is 5.69. The van der Waals surface area contributed by atoms with Crippen LogP contribution in [-0.2, 0) is 6.42 Å². The largest absolute Gasteiger partial charge is 0.327 e. The summed E-state index contributed by atoms with van der Waals surface area (Å²) >= 11 is 0. The molecule has 1 aromatic carbocycles. The Labute approximate surface area is 95.7 Å². The lowest BCUT2D eigenvalue weighted by molar-refractivity contribution is 0.471. The number of halogens is 2. The van der Waals surface area contributed by atoms with Crippen molar-refractivity contribution in [1.82, 2.24) is 0 Å². The lowest BCUT2D eigenvalue weighted by Crippen LogP contribution is -2.24. The summed E-state index contributed by atoms with van der Waals surface area (Å²) < 4.78 is 26.3. The first kappa shape index (κ1) is 13.1. The summed E-state index contributed by atoms with van der Waals surface area (Å²) in [5, 5.41) is 0. The molecular formula is C13H19F2N. The van der Waals surface area contributed by atoms with Gasteiger partial charge in [-0.1, -0.05) is 26.0 Å². The quantitative estimate of drug-likeness (QED) is 0.820. The molecule has 1 nitrogen and oxygen atoms in total. The highest BCUT2D eigenvalue weighted by Crippen LogP contribution is 2.15. The molecule has 0 aromatic heterocycles. The van der Waals surface area contributed by atoms with E-state index in [1.807, 2.05) is 0 Å². The molecule has 0 fully saturated rings. The van der Waals surface area contributed by atoms with Crippen LogP contribution in [-0.4, -0.2) is 6.04 Å². The van der Waals surface area contributed by atoms with Crippen LogP contribution in [0.3, 0.4) is 0 Å². The Morgan fingerprint density at radius 1 is 1.19 bits per heavy atom. The zero-order chi connectivity index (χ0) is 12.1. The third-order valence-corrected chi connectivity index (χ3v) is 2.63. The van der Waals surface area contributed by atoms with Gasteiger partial charge in [0.15, 0.2) is 11.6 Å². The van der Waals surface area contributed by atoms with Crippen molar-refractivity contribution in [2.45, 2.75) is 39.2 Å².